The molecule has 0 saturated carbocycles. The predicted octanol–water partition coefficient (Wildman–Crippen LogP) is 3.31. The van der Waals surface area contributed by atoms with Crippen molar-refractivity contribution in [3.8, 4) is 5.75 Å². The van der Waals surface area contributed by atoms with Crippen molar-refractivity contribution >= 4 is 23.4 Å². The van der Waals surface area contributed by atoms with Crippen LogP contribution in [0.2, 0.25) is 0 Å². The van der Waals surface area contributed by atoms with Gasteiger partial charge in [-0.1, -0.05) is 17.2 Å². The Balaban J connectivity index is 1.50. The van der Waals surface area contributed by atoms with Crippen molar-refractivity contribution in [1.29, 1.82) is 0 Å². The first kappa shape index (κ1) is 23.3. The summed E-state index contributed by atoms with van der Waals surface area (Å²) in [7, 11) is 0. The Labute approximate surface area is 189 Å². The van der Waals surface area contributed by atoms with E-state index in [1.807, 2.05) is 39.0 Å². The molecule has 1 unspecified atom stereocenters. The summed E-state index contributed by atoms with van der Waals surface area (Å²) < 4.78 is 5.38. The molecule has 32 heavy (non-hydrogen) atoms. The minimum Gasteiger partial charge on any atom is -0.494 e. The molecule has 2 N–H and O–H groups in total. The number of piperidine rings is 1. The van der Waals surface area contributed by atoms with Crippen LogP contribution in [0, 0.1) is 19.8 Å². The molecule has 1 atom stereocenters. The summed E-state index contributed by atoms with van der Waals surface area (Å²) in [5.41, 5.74) is 3.37. The Bertz CT molecular complexity index is 951. The Morgan fingerprint density at radius 3 is 2.41 bits per heavy atom. The summed E-state index contributed by atoms with van der Waals surface area (Å²) in [6, 6.07) is 12.9. The number of benzene rings is 2. The molecular weight excluding hydrogens is 406 g/mol. The van der Waals surface area contributed by atoms with Crippen LogP contribution in [0.1, 0.15) is 41.3 Å². The molecule has 3 rings (SSSR count). The van der Waals surface area contributed by atoms with Gasteiger partial charge in [-0.3, -0.25) is 14.4 Å². The topological polar surface area (TPSA) is 87.7 Å². The molecule has 1 aliphatic rings. The van der Waals surface area contributed by atoms with Gasteiger partial charge in [-0.05, 0) is 70.0 Å². The van der Waals surface area contributed by atoms with Gasteiger partial charge < -0.3 is 20.3 Å². The lowest BCUT2D eigenvalue weighted by molar-refractivity contribution is -0.128. The molecule has 0 aliphatic carbocycles. The number of hydrogen-bond acceptors (Lipinski definition) is 4. The molecule has 0 bridgehead atoms. The highest BCUT2D eigenvalue weighted by molar-refractivity contribution is 5.96. The van der Waals surface area contributed by atoms with Gasteiger partial charge in [0.05, 0.1) is 19.1 Å². The van der Waals surface area contributed by atoms with Crippen molar-refractivity contribution < 1.29 is 19.1 Å². The zero-order chi connectivity index (χ0) is 23.1. The minimum atomic E-state index is -0.322. The van der Waals surface area contributed by atoms with Crippen LogP contribution in [0.4, 0.5) is 5.69 Å². The molecule has 0 radical (unpaired) electrons. The summed E-state index contributed by atoms with van der Waals surface area (Å²) in [6.45, 7) is 7.29. The fraction of sp³-hybridized carbons (Fsp3) is 0.400. The average Bonchev–Trinajstić information content (AvgIpc) is 2.78. The standard InChI is InChI=1S/C25H31N3O4/c1-4-32-22-9-7-21(8-10-22)27-23(29)15-26-24(30)19-6-5-11-28(16-19)25(31)20-13-17(2)12-18(3)14-20/h7-10,12-14,19H,4-6,11,15-16H2,1-3H3,(H,26,30)(H,27,29). The van der Waals surface area contributed by atoms with Crippen LogP contribution < -0.4 is 15.4 Å². The number of carbonyl (C=O) groups is 3. The number of nitrogens with one attached hydrogen (secondary N) is 2. The summed E-state index contributed by atoms with van der Waals surface area (Å²) in [6.07, 6.45) is 1.45. The van der Waals surface area contributed by atoms with Crippen LogP contribution in [0.3, 0.4) is 0 Å². The van der Waals surface area contributed by atoms with E-state index in [0.29, 0.717) is 37.4 Å². The SMILES string of the molecule is CCOc1ccc(NC(=O)CNC(=O)C2CCCN(C(=O)c3cc(C)cc(C)c3)C2)cc1. The maximum Gasteiger partial charge on any atom is 0.253 e. The van der Waals surface area contributed by atoms with E-state index in [4.69, 9.17) is 4.74 Å². The molecule has 0 aromatic heterocycles. The second-order valence-electron chi connectivity index (χ2n) is 8.19. The number of aryl methyl sites for hydroxylation is 2. The van der Waals surface area contributed by atoms with Gasteiger partial charge in [0.15, 0.2) is 0 Å². The Morgan fingerprint density at radius 2 is 1.75 bits per heavy atom. The number of anilines is 1. The van der Waals surface area contributed by atoms with E-state index >= 15 is 0 Å². The molecule has 170 valence electrons. The second kappa shape index (κ2) is 10.8. The number of carbonyl (C=O) groups excluding carboxylic acids is 3. The molecule has 3 amide bonds. The molecule has 1 heterocycles. The molecule has 7 heteroatoms. The average molecular weight is 438 g/mol. The maximum atomic E-state index is 12.9. The van der Waals surface area contributed by atoms with E-state index in [0.717, 1.165) is 23.3 Å². The van der Waals surface area contributed by atoms with Crippen LogP contribution in [0.25, 0.3) is 0 Å². The third-order valence-electron chi connectivity index (χ3n) is 5.42. The highest BCUT2D eigenvalue weighted by atomic mass is 16.5. The van der Waals surface area contributed by atoms with E-state index in [1.165, 1.54) is 0 Å². The van der Waals surface area contributed by atoms with Gasteiger partial charge in [0.1, 0.15) is 5.75 Å². The Kier molecular flexibility index (Phi) is 7.87. The number of amides is 3. The Hall–Kier alpha value is -3.35. The van der Waals surface area contributed by atoms with Gasteiger partial charge in [-0.25, -0.2) is 0 Å². The van der Waals surface area contributed by atoms with Crippen LogP contribution in [0.15, 0.2) is 42.5 Å². The number of nitrogens with zero attached hydrogens (tertiary/aromatic N) is 1. The zero-order valence-corrected chi connectivity index (χ0v) is 18.9. The lowest BCUT2D eigenvalue weighted by Crippen LogP contribution is -2.46. The maximum absolute atomic E-state index is 12.9. The highest BCUT2D eigenvalue weighted by Crippen LogP contribution is 2.20. The predicted molar refractivity (Wildman–Crippen MR) is 124 cm³/mol. The van der Waals surface area contributed by atoms with Crippen molar-refractivity contribution in [2.75, 3.05) is 31.6 Å². The second-order valence-corrected chi connectivity index (χ2v) is 8.19. The Morgan fingerprint density at radius 1 is 1.06 bits per heavy atom. The van der Waals surface area contributed by atoms with Crippen LogP contribution in [-0.2, 0) is 9.59 Å². The molecule has 0 spiro atoms. The van der Waals surface area contributed by atoms with E-state index in [9.17, 15) is 14.4 Å². The van der Waals surface area contributed by atoms with E-state index < -0.39 is 0 Å². The first-order chi connectivity index (χ1) is 15.4. The van der Waals surface area contributed by atoms with Gasteiger partial charge >= 0.3 is 0 Å². The van der Waals surface area contributed by atoms with E-state index in [1.54, 1.807) is 29.2 Å². The van der Waals surface area contributed by atoms with Gasteiger partial charge in [-0.2, -0.15) is 0 Å². The number of rotatable bonds is 7. The van der Waals surface area contributed by atoms with Gasteiger partial charge in [0, 0.05) is 24.3 Å². The van der Waals surface area contributed by atoms with Crippen molar-refractivity contribution in [3.63, 3.8) is 0 Å². The minimum absolute atomic E-state index is 0.0532. The summed E-state index contributed by atoms with van der Waals surface area (Å²) in [4.78, 5) is 39.5. The number of ether oxygens (including phenoxy) is 1. The van der Waals surface area contributed by atoms with Crippen molar-refractivity contribution in [2.45, 2.75) is 33.6 Å². The fourth-order valence-corrected chi connectivity index (χ4v) is 3.97. The zero-order valence-electron chi connectivity index (χ0n) is 18.9. The molecule has 1 saturated heterocycles. The quantitative estimate of drug-likeness (QED) is 0.696. The van der Waals surface area contributed by atoms with Gasteiger partial charge in [-0.15, -0.1) is 0 Å². The molecule has 2 aromatic rings. The third-order valence-corrected chi connectivity index (χ3v) is 5.42. The molecular formula is C25H31N3O4. The van der Waals surface area contributed by atoms with Crippen molar-refractivity contribution in [1.82, 2.24) is 10.2 Å². The number of hydrogen-bond donors (Lipinski definition) is 2. The first-order valence-electron chi connectivity index (χ1n) is 11.0. The lowest BCUT2D eigenvalue weighted by Gasteiger charge is -2.32. The largest absolute Gasteiger partial charge is 0.494 e. The normalized spacial score (nSPS) is 15.7. The summed E-state index contributed by atoms with van der Waals surface area (Å²) >= 11 is 0. The first-order valence-corrected chi connectivity index (χ1v) is 11.0. The van der Waals surface area contributed by atoms with Gasteiger partial charge in [0.25, 0.3) is 5.91 Å². The van der Waals surface area contributed by atoms with Gasteiger partial charge in [0.2, 0.25) is 11.8 Å². The molecule has 1 fully saturated rings. The summed E-state index contributed by atoms with van der Waals surface area (Å²) in [5.74, 6) is -0.151. The third kappa shape index (κ3) is 6.33. The van der Waals surface area contributed by atoms with E-state index in [-0.39, 0.29) is 30.2 Å². The van der Waals surface area contributed by atoms with Crippen molar-refractivity contribution in [3.05, 3.63) is 59.2 Å². The molecule has 7 nitrogen and oxygen atoms in total. The highest BCUT2D eigenvalue weighted by Gasteiger charge is 2.29. The lowest BCUT2D eigenvalue weighted by atomic mass is 9.96. The molecule has 2 aromatic carbocycles. The van der Waals surface area contributed by atoms with Crippen LogP contribution in [0.5, 0.6) is 5.75 Å². The monoisotopic (exact) mass is 437 g/mol. The summed E-state index contributed by atoms with van der Waals surface area (Å²) in [5, 5.41) is 5.46. The van der Waals surface area contributed by atoms with E-state index in [2.05, 4.69) is 10.6 Å². The van der Waals surface area contributed by atoms with Crippen LogP contribution >= 0.6 is 0 Å². The molecule has 1 aliphatic heterocycles. The van der Waals surface area contributed by atoms with Crippen LogP contribution in [-0.4, -0.2) is 48.9 Å². The number of likely N-dealkylation sites (tertiary alicyclic amines) is 1. The van der Waals surface area contributed by atoms with Crippen molar-refractivity contribution in [2.24, 2.45) is 5.92 Å². The fourth-order valence-electron chi connectivity index (χ4n) is 3.97. The smallest absolute Gasteiger partial charge is 0.253 e.